The number of rotatable bonds is 4. The molecule has 0 spiro atoms. The highest BCUT2D eigenvalue weighted by atomic mass is 16.7. The van der Waals surface area contributed by atoms with Crippen LogP contribution in [0.5, 0.6) is 0 Å². The van der Waals surface area contributed by atoms with Crippen LogP contribution in [0, 0.1) is 5.92 Å². The molecule has 76 valence electrons. The fourth-order valence-corrected chi connectivity index (χ4v) is 1.81. The Balaban J connectivity index is 1.50. The topological polar surface area (TPSA) is 30.5 Å². The van der Waals surface area contributed by atoms with Gasteiger partial charge in [0, 0.05) is 6.54 Å². The molecule has 0 bridgehead atoms. The summed E-state index contributed by atoms with van der Waals surface area (Å²) in [5, 5.41) is 3.48. The highest BCUT2D eigenvalue weighted by molar-refractivity contribution is 4.73. The zero-order valence-electron chi connectivity index (χ0n) is 8.13. The van der Waals surface area contributed by atoms with Gasteiger partial charge in [-0.2, -0.15) is 0 Å². The van der Waals surface area contributed by atoms with Crippen LogP contribution in [0.25, 0.3) is 0 Å². The summed E-state index contributed by atoms with van der Waals surface area (Å²) in [6.45, 7) is 3.52. The van der Waals surface area contributed by atoms with Crippen molar-refractivity contribution in [2.45, 2.75) is 31.8 Å². The van der Waals surface area contributed by atoms with Gasteiger partial charge in [-0.25, -0.2) is 0 Å². The minimum absolute atomic E-state index is 0.383. The second-order valence-electron chi connectivity index (χ2n) is 4.06. The van der Waals surface area contributed by atoms with E-state index in [1.165, 1.54) is 25.8 Å². The van der Waals surface area contributed by atoms with Gasteiger partial charge in [-0.1, -0.05) is 6.42 Å². The van der Waals surface area contributed by atoms with Crippen LogP contribution in [0.3, 0.4) is 0 Å². The van der Waals surface area contributed by atoms with Crippen LogP contribution in [0.2, 0.25) is 0 Å². The third kappa shape index (κ3) is 2.93. The van der Waals surface area contributed by atoms with Crippen molar-refractivity contribution >= 4 is 0 Å². The summed E-state index contributed by atoms with van der Waals surface area (Å²) in [6, 6.07) is 0. The fourth-order valence-electron chi connectivity index (χ4n) is 1.81. The van der Waals surface area contributed by atoms with Crippen LogP contribution in [0.15, 0.2) is 0 Å². The fraction of sp³-hybridized carbons (Fsp3) is 1.00. The summed E-state index contributed by atoms with van der Waals surface area (Å²) in [7, 11) is 0. The minimum Gasteiger partial charge on any atom is -0.355 e. The first-order chi connectivity index (χ1) is 6.45. The van der Waals surface area contributed by atoms with E-state index in [-0.39, 0.29) is 0 Å². The molecule has 0 amide bonds. The summed E-state index contributed by atoms with van der Waals surface area (Å²) < 4.78 is 10.5. The zero-order chi connectivity index (χ0) is 8.93. The Hall–Kier alpha value is -0.120. The van der Waals surface area contributed by atoms with Crippen molar-refractivity contribution in [2.75, 3.05) is 26.5 Å². The van der Waals surface area contributed by atoms with E-state index in [1.807, 2.05) is 0 Å². The van der Waals surface area contributed by atoms with Crippen molar-refractivity contribution in [3.8, 4) is 0 Å². The molecule has 1 unspecified atom stereocenters. The lowest BCUT2D eigenvalue weighted by Gasteiger charge is -2.28. The number of ether oxygens (including phenoxy) is 2. The molecule has 0 radical (unpaired) electrons. The molecule has 2 fully saturated rings. The molecule has 2 aliphatic rings. The summed E-state index contributed by atoms with van der Waals surface area (Å²) in [5.74, 6) is 0.944. The summed E-state index contributed by atoms with van der Waals surface area (Å²) in [4.78, 5) is 0. The Morgan fingerprint density at radius 3 is 2.69 bits per heavy atom. The van der Waals surface area contributed by atoms with Crippen molar-refractivity contribution in [3.63, 3.8) is 0 Å². The smallest absolute Gasteiger partial charge is 0.147 e. The van der Waals surface area contributed by atoms with Gasteiger partial charge in [-0.3, -0.25) is 0 Å². The molecule has 1 atom stereocenters. The van der Waals surface area contributed by atoms with Crippen LogP contribution in [-0.2, 0) is 9.47 Å². The summed E-state index contributed by atoms with van der Waals surface area (Å²) in [5.41, 5.74) is 0. The molecule has 0 aromatic heterocycles. The average Bonchev–Trinajstić information content (AvgIpc) is 2.11. The third-order valence-electron chi connectivity index (χ3n) is 3.00. The largest absolute Gasteiger partial charge is 0.355 e. The van der Waals surface area contributed by atoms with E-state index < -0.39 is 0 Å². The molecule has 1 aliphatic heterocycles. The molecule has 2 rings (SSSR count). The molecule has 13 heavy (non-hydrogen) atoms. The van der Waals surface area contributed by atoms with Crippen molar-refractivity contribution < 1.29 is 9.47 Å². The van der Waals surface area contributed by atoms with E-state index in [4.69, 9.17) is 9.47 Å². The first kappa shape index (κ1) is 9.44. The van der Waals surface area contributed by atoms with Gasteiger partial charge < -0.3 is 14.8 Å². The lowest BCUT2D eigenvalue weighted by atomic mass is 9.85. The first-order valence-electron chi connectivity index (χ1n) is 5.35. The second kappa shape index (κ2) is 4.94. The molecule has 1 saturated heterocycles. The standard InChI is InChI=1S/C10H19NO2/c1-2-9(3-1)6-11-7-10-4-5-12-8-13-10/h9-11H,1-8H2. The first-order valence-corrected chi connectivity index (χ1v) is 5.35. The lowest BCUT2D eigenvalue weighted by Crippen LogP contribution is -2.37. The molecule has 3 nitrogen and oxygen atoms in total. The molecular formula is C10H19NO2. The Kier molecular flexibility index (Phi) is 3.58. The Labute approximate surface area is 79.8 Å². The van der Waals surface area contributed by atoms with E-state index in [9.17, 15) is 0 Å². The normalized spacial score (nSPS) is 30.0. The van der Waals surface area contributed by atoms with Crippen LogP contribution in [0.4, 0.5) is 0 Å². The van der Waals surface area contributed by atoms with E-state index in [1.54, 1.807) is 0 Å². The lowest BCUT2D eigenvalue weighted by molar-refractivity contribution is -0.137. The van der Waals surface area contributed by atoms with Crippen LogP contribution in [0.1, 0.15) is 25.7 Å². The number of hydrogen-bond donors (Lipinski definition) is 1. The van der Waals surface area contributed by atoms with Crippen LogP contribution in [-0.4, -0.2) is 32.6 Å². The van der Waals surface area contributed by atoms with E-state index >= 15 is 0 Å². The van der Waals surface area contributed by atoms with E-state index in [2.05, 4.69) is 5.32 Å². The summed E-state index contributed by atoms with van der Waals surface area (Å²) in [6.07, 6.45) is 5.69. The van der Waals surface area contributed by atoms with Gasteiger partial charge in [0.1, 0.15) is 6.79 Å². The third-order valence-corrected chi connectivity index (χ3v) is 3.00. The van der Waals surface area contributed by atoms with Crippen molar-refractivity contribution in [2.24, 2.45) is 5.92 Å². The molecule has 0 aromatic rings. The van der Waals surface area contributed by atoms with Gasteiger partial charge in [-0.05, 0) is 31.7 Å². The van der Waals surface area contributed by atoms with Crippen LogP contribution < -0.4 is 5.32 Å². The highest BCUT2D eigenvalue weighted by Gasteiger charge is 2.18. The monoisotopic (exact) mass is 185 g/mol. The molecular weight excluding hydrogens is 166 g/mol. The number of hydrogen-bond acceptors (Lipinski definition) is 3. The van der Waals surface area contributed by atoms with Gasteiger partial charge in [-0.15, -0.1) is 0 Å². The van der Waals surface area contributed by atoms with E-state index in [0.717, 1.165) is 25.5 Å². The SMILES string of the molecule is C1CC(CNCC2CCOCO2)C1. The Morgan fingerprint density at radius 2 is 2.08 bits per heavy atom. The maximum atomic E-state index is 5.43. The zero-order valence-corrected chi connectivity index (χ0v) is 8.13. The predicted molar refractivity (Wildman–Crippen MR) is 50.5 cm³/mol. The predicted octanol–water partition coefficient (Wildman–Crippen LogP) is 1.14. The van der Waals surface area contributed by atoms with Crippen molar-refractivity contribution in [3.05, 3.63) is 0 Å². The molecule has 1 N–H and O–H groups in total. The number of nitrogens with one attached hydrogen (secondary N) is 1. The van der Waals surface area contributed by atoms with E-state index in [0.29, 0.717) is 12.9 Å². The Morgan fingerprint density at radius 1 is 1.15 bits per heavy atom. The van der Waals surface area contributed by atoms with Crippen molar-refractivity contribution in [1.82, 2.24) is 5.32 Å². The molecule has 0 aromatic carbocycles. The quantitative estimate of drug-likeness (QED) is 0.712. The van der Waals surface area contributed by atoms with Gasteiger partial charge >= 0.3 is 0 Å². The van der Waals surface area contributed by atoms with Crippen LogP contribution >= 0.6 is 0 Å². The maximum absolute atomic E-state index is 5.43. The highest BCUT2D eigenvalue weighted by Crippen LogP contribution is 2.25. The molecule has 1 heterocycles. The van der Waals surface area contributed by atoms with Gasteiger partial charge in [0.05, 0.1) is 12.7 Å². The van der Waals surface area contributed by atoms with Crippen molar-refractivity contribution in [1.29, 1.82) is 0 Å². The Bertz CT molecular complexity index is 142. The molecule has 1 saturated carbocycles. The van der Waals surface area contributed by atoms with Gasteiger partial charge in [0.15, 0.2) is 0 Å². The van der Waals surface area contributed by atoms with Gasteiger partial charge in [0.2, 0.25) is 0 Å². The van der Waals surface area contributed by atoms with Gasteiger partial charge in [0.25, 0.3) is 0 Å². The minimum atomic E-state index is 0.383. The molecule has 1 aliphatic carbocycles. The molecule has 3 heteroatoms. The average molecular weight is 185 g/mol. The maximum Gasteiger partial charge on any atom is 0.147 e. The second-order valence-corrected chi connectivity index (χ2v) is 4.06. The summed E-state index contributed by atoms with van der Waals surface area (Å²) >= 11 is 0.